The number of anilines is 1. The van der Waals surface area contributed by atoms with E-state index < -0.39 is 22.5 Å². The zero-order chi connectivity index (χ0) is 19.5. The number of carbonyl (C=O) groups excluding carboxylic acids is 1. The maximum absolute atomic E-state index is 13.1. The van der Waals surface area contributed by atoms with Gasteiger partial charge in [-0.1, -0.05) is 78.3 Å². The lowest BCUT2D eigenvalue weighted by atomic mass is 9.89. The van der Waals surface area contributed by atoms with Crippen LogP contribution in [0.25, 0.3) is 0 Å². The predicted octanol–water partition coefficient (Wildman–Crippen LogP) is 5.83. The number of halogens is 4. The molecule has 0 aliphatic rings. The second-order valence-corrected chi connectivity index (χ2v) is 6.49. The molecule has 0 fully saturated rings. The molecule has 2 nitrogen and oxygen atoms in total. The number of nitrogens with one attached hydrogen (secondary N) is 1. The maximum Gasteiger partial charge on any atom is 0.416 e. The molecule has 138 valence electrons. The molecule has 0 aliphatic carbocycles. The van der Waals surface area contributed by atoms with E-state index in [1.807, 2.05) is 0 Å². The number of carbonyl (C=O) groups is 1. The van der Waals surface area contributed by atoms with Gasteiger partial charge < -0.3 is 5.32 Å². The van der Waals surface area contributed by atoms with Crippen LogP contribution in [0.5, 0.6) is 0 Å². The number of alkyl halides is 4. The van der Waals surface area contributed by atoms with E-state index in [0.29, 0.717) is 11.1 Å². The first-order valence-corrected chi connectivity index (χ1v) is 8.48. The first-order valence-electron chi connectivity index (χ1n) is 8.10. The number of hydrogen-bond donors (Lipinski definition) is 1. The van der Waals surface area contributed by atoms with Gasteiger partial charge >= 0.3 is 6.18 Å². The van der Waals surface area contributed by atoms with Crippen molar-refractivity contribution in [1.29, 1.82) is 0 Å². The smallest absolute Gasteiger partial charge is 0.324 e. The summed E-state index contributed by atoms with van der Waals surface area (Å²) >= 11 is 6.79. The largest absolute Gasteiger partial charge is 0.416 e. The second kappa shape index (κ2) is 7.45. The van der Waals surface area contributed by atoms with Crippen molar-refractivity contribution < 1.29 is 18.0 Å². The quantitative estimate of drug-likeness (QED) is 0.559. The highest BCUT2D eigenvalue weighted by Gasteiger charge is 2.40. The average Bonchev–Trinajstić information content (AvgIpc) is 2.68. The van der Waals surface area contributed by atoms with Gasteiger partial charge in [-0.25, -0.2) is 0 Å². The Labute approximate surface area is 159 Å². The predicted molar refractivity (Wildman–Crippen MR) is 99.6 cm³/mol. The van der Waals surface area contributed by atoms with E-state index in [1.165, 1.54) is 12.1 Å². The molecule has 0 aliphatic heterocycles. The Morgan fingerprint density at radius 2 is 1.22 bits per heavy atom. The number of amides is 1. The van der Waals surface area contributed by atoms with Crippen LogP contribution in [-0.4, -0.2) is 5.91 Å². The third kappa shape index (κ3) is 3.98. The summed E-state index contributed by atoms with van der Waals surface area (Å²) in [5.74, 6) is -0.638. The molecule has 3 rings (SSSR count). The van der Waals surface area contributed by atoms with Gasteiger partial charge in [0.25, 0.3) is 5.91 Å². The number of benzene rings is 3. The highest BCUT2D eigenvalue weighted by atomic mass is 35.5. The summed E-state index contributed by atoms with van der Waals surface area (Å²) in [5, 5.41) is 2.52. The summed E-state index contributed by atoms with van der Waals surface area (Å²) < 4.78 is 38.8. The molecule has 0 aromatic heterocycles. The van der Waals surface area contributed by atoms with Gasteiger partial charge in [0.2, 0.25) is 0 Å². The highest BCUT2D eigenvalue weighted by molar-refractivity contribution is 6.38. The van der Waals surface area contributed by atoms with E-state index in [1.54, 1.807) is 60.7 Å². The van der Waals surface area contributed by atoms with Crippen molar-refractivity contribution in [2.45, 2.75) is 11.1 Å². The first-order chi connectivity index (χ1) is 12.8. The van der Waals surface area contributed by atoms with Crippen LogP contribution in [0.4, 0.5) is 18.9 Å². The molecule has 0 saturated carbocycles. The van der Waals surface area contributed by atoms with Crippen LogP contribution in [0.15, 0.2) is 84.9 Å². The minimum absolute atomic E-state index is 0.0201. The molecule has 0 heterocycles. The molecule has 27 heavy (non-hydrogen) atoms. The fourth-order valence-electron chi connectivity index (χ4n) is 2.75. The van der Waals surface area contributed by atoms with Gasteiger partial charge in [-0.05, 0) is 29.3 Å². The lowest BCUT2D eigenvalue weighted by Gasteiger charge is -2.27. The minimum atomic E-state index is -4.50. The Hall–Kier alpha value is -2.79. The molecule has 0 saturated heterocycles. The van der Waals surface area contributed by atoms with Crippen molar-refractivity contribution in [3.05, 3.63) is 102 Å². The molecule has 1 N–H and O–H groups in total. The molecule has 1 amide bonds. The van der Waals surface area contributed by atoms with Crippen molar-refractivity contribution in [2.24, 2.45) is 0 Å². The average molecular weight is 390 g/mol. The van der Waals surface area contributed by atoms with E-state index in [4.69, 9.17) is 11.6 Å². The van der Waals surface area contributed by atoms with Crippen LogP contribution in [0.3, 0.4) is 0 Å². The van der Waals surface area contributed by atoms with Crippen molar-refractivity contribution in [2.75, 3.05) is 5.32 Å². The highest BCUT2D eigenvalue weighted by Crippen LogP contribution is 2.38. The van der Waals surface area contributed by atoms with Crippen LogP contribution in [0.2, 0.25) is 0 Å². The normalized spacial score (nSPS) is 11.9. The topological polar surface area (TPSA) is 29.1 Å². The summed E-state index contributed by atoms with van der Waals surface area (Å²) in [6, 6.07) is 21.8. The Morgan fingerprint density at radius 3 is 1.70 bits per heavy atom. The molecule has 3 aromatic carbocycles. The summed E-state index contributed by atoms with van der Waals surface area (Å²) in [6.45, 7) is 0. The van der Waals surface area contributed by atoms with Gasteiger partial charge in [-0.2, -0.15) is 13.2 Å². The van der Waals surface area contributed by atoms with Crippen LogP contribution >= 0.6 is 11.6 Å². The molecule has 0 atom stereocenters. The Kier molecular flexibility index (Phi) is 5.24. The molecule has 0 spiro atoms. The van der Waals surface area contributed by atoms with E-state index in [2.05, 4.69) is 5.32 Å². The van der Waals surface area contributed by atoms with Gasteiger partial charge in [-0.3, -0.25) is 4.79 Å². The Bertz CT molecular complexity index is 887. The Balaban J connectivity index is 2.01. The SMILES string of the molecule is O=C(Nc1cccc(C(F)(F)F)c1)C(Cl)(c1ccccc1)c1ccccc1. The first kappa shape index (κ1) is 19.0. The van der Waals surface area contributed by atoms with Crippen molar-refractivity contribution in [3.63, 3.8) is 0 Å². The van der Waals surface area contributed by atoms with Gasteiger partial charge in [0.15, 0.2) is 4.87 Å². The fourth-order valence-corrected chi connectivity index (χ4v) is 3.05. The summed E-state index contributed by atoms with van der Waals surface area (Å²) in [4.78, 5) is 11.5. The lowest BCUT2D eigenvalue weighted by molar-refractivity contribution is -0.137. The number of hydrogen-bond acceptors (Lipinski definition) is 1. The monoisotopic (exact) mass is 389 g/mol. The summed E-state index contributed by atoms with van der Waals surface area (Å²) in [7, 11) is 0. The molecule has 0 unspecified atom stereocenters. The molecule has 0 bridgehead atoms. The van der Waals surface area contributed by atoms with E-state index in [0.717, 1.165) is 12.1 Å². The molecular weight excluding hydrogens is 375 g/mol. The molecule has 6 heteroatoms. The van der Waals surface area contributed by atoms with Gasteiger partial charge in [0.05, 0.1) is 5.56 Å². The summed E-state index contributed by atoms with van der Waals surface area (Å²) in [5.41, 5.74) is 0.205. The standard InChI is InChI=1S/C21H15ClF3NO/c22-20(15-8-3-1-4-9-15,16-10-5-2-6-11-16)19(27)26-18-13-7-12-17(14-18)21(23,24)25/h1-14H,(H,26,27). The maximum atomic E-state index is 13.1. The minimum Gasteiger partial charge on any atom is -0.324 e. The van der Waals surface area contributed by atoms with Crippen LogP contribution in [0.1, 0.15) is 16.7 Å². The van der Waals surface area contributed by atoms with E-state index in [9.17, 15) is 18.0 Å². The van der Waals surface area contributed by atoms with Crippen molar-refractivity contribution in [1.82, 2.24) is 0 Å². The zero-order valence-corrected chi connectivity index (χ0v) is 14.8. The van der Waals surface area contributed by atoms with Gasteiger partial charge in [0.1, 0.15) is 0 Å². The third-order valence-corrected chi connectivity index (χ3v) is 4.71. The lowest BCUT2D eigenvalue weighted by Crippen LogP contribution is -2.36. The van der Waals surface area contributed by atoms with E-state index in [-0.39, 0.29) is 5.69 Å². The second-order valence-electron chi connectivity index (χ2n) is 5.92. The Morgan fingerprint density at radius 1 is 0.741 bits per heavy atom. The molecular formula is C21H15ClF3NO. The van der Waals surface area contributed by atoms with Crippen molar-refractivity contribution >= 4 is 23.2 Å². The van der Waals surface area contributed by atoms with Crippen molar-refractivity contribution in [3.8, 4) is 0 Å². The van der Waals surface area contributed by atoms with Crippen LogP contribution in [0, 0.1) is 0 Å². The molecule has 0 radical (unpaired) electrons. The van der Waals surface area contributed by atoms with Gasteiger partial charge in [0, 0.05) is 5.69 Å². The fraction of sp³-hybridized carbons (Fsp3) is 0.0952. The summed E-state index contributed by atoms with van der Waals surface area (Å²) in [6.07, 6.45) is -4.50. The van der Waals surface area contributed by atoms with Crippen LogP contribution < -0.4 is 5.32 Å². The molecule has 3 aromatic rings. The van der Waals surface area contributed by atoms with E-state index >= 15 is 0 Å². The number of rotatable bonds is 4. The van der Waals surface area contributed by atoms with Gasteiger partial charge in [-0.15, -0.1) is 0 Å². The van der Waals surface area contributed by atoms with Crippen LogP contribution in [-0.2, 0) is 15.8 Å². The zero-order valence-electron chi connectivity index (χ0n) is 14.0. The third-order valence-electron chi connectivity index (χ3n) is 4.10.